The number of hydrogen-bond donors (Lipinski definition) is 0. The van der Waals surface area contributed by atoms with Crippen LogP contribution in [-0.4, -0.2) is 9.97 Å². The Morgan fingerprint density at radius 3 is 1.91 bits per heavy atom. The van der Waals surface area contributed by atoms with Crippen LogP contribution in [0.3, 0.4) is 0 Å². The van der Waals surface area contributed by atoms with Crippen LogP contribution in [0.4, 0.5) is 17.2 Å². The molecule has 0 bridgehead atoms. The molecule has 0 unspecified atom stereocenters. The molecular formula is C42H25N3O2. The summed E-state index contributed by atoms with van der Waals surface area (Å²) >= 11 is 0. The lowest BCUT2D eigenvalue weighted by molar-refractivity contribution is 0.654. The van der Waals surface area contributed by atoms with Gasteiger partial charge in [-0.25, -0.2) is 9.97 Å². The maximum absolute atomic E-state index is 6.31. The number of para-hydroxylation sites is 2. The summed E-state index contributed by atoms with van der Waals surface area (Å²) < 4.78 is 12.5. The van der Waals surface area contributed by atoms with Gasteiger partial charge in [0.15, 0.2) is 0 Å². The highest BCUT2D eigenvalue weighted by molar-refractivity contribution is 6.17. The number of nitrogens with zero attached hydrogens (tertiary/aromatic N) is 3. The summed E-state index contributed by atoms with van der Waals surface area (Å²) in [5.41, 5.74) is 7.20. The van der Waals surface area contributed by atoms with E-state index in [1.807, 2.05) is 54.7 Å². The molecule has 0 amide bonds. The van der Waals surface area contributed by atoms with Crippen molar-refractivity contribution in [2.45, 2.75) is 0 Å². The highest BCUT2D eigenvalue weighted by Crippen LogP contribution is 2.46. The normalized spacial score (nSPS) is 11.8. The lowest BCUT2D eigenvalue weighted by atomic mass is 9.93. The third kappa shape index (κ3) is 3.90. The molecule has 0 atom stereocenters. The molecule has 0 radical (unpaired) electrons. The second-order valence-corrected chi connectivity index (χ2v) is 11.8. The Labute approximate surface area is 268 Å². The molecule has 4 aromatic heterocycles. The van der Waals surface area contributed by atoms with Gasteiger partial charge < -0.3 is 8.83 Å². The topological polar surface area (TPSA) is 55.3 Å². The Bertz CT molecular complexity index is 2700. The van der Waals surface area contributed by atoms with Crippen molar-refractivity contribution in [2.24, 2.45) is 0 Å². The van der Waals surface area contributed by atoms with E-state index in [0.29, 0.717) is 5.71 Å². The Hall–Kier alpha value is -6.46. The number of rotatable bonds is 4. The van der Waals surface area contributed by atoms with Crippen LogP contribution in [-0.2, 0) is 0 Å². The van der Waals surface area contributed by atoms with Crippen LogP contribution in [0.2, 0.25) is 0 Å². The molecule has 5 heteroatoms. The van der Waals surface area contributed by atoms with Gasteiger partial charge >= 0.3 is 0 Å². The second kappa shape index (κ2) is 10.0. The van der Waals surface area contributed by atoms with Crippen molar-refractivity contribution in [3.63, 3.8) is 0 Å². The Balaban J connectivity index is 1.23. The standard InChI is InChI=1S/C42H25N3O2/c1-2-10-29-27(9-1)25-34(31-12-4-3-11-30(29)31)26-17-19-28(20-18-26)45(35-21-23-44-42-39(35)32-13-5-8-16-37(32)47-42)41-40-33-14-6-7-15-36(33)46-38(40)22-24-43-41/h1-25H. The predicted octanol–water partition coefficient (Wildman–Crippen LogP) is 11.7. The van der Waals surface area contributed by atoms with Crippen molar-refractivity contribution in [3.05, 3.63) is 152 Å². The van der Waals surface area contributed by atoms with Crippen LogP contribution in [0.5, 0.6) is 0 Å². The van der Waals surface area contributed by atoms with Crippen molar-refractivity contribution in [1.29, 1.82) is 0 Å². The number of pyridine rings is 2. The molecule has 4 heterocycles. The molecule has 6 aromatic carbocycles. The Kier molecular flexibility index (Phi) is 5.51. The number of furan rings is 2. The first kappa shape index (κ1) is 25.8. The molecule has 0 saturated heterocycles. The monoisotopic (exact) mass is 603 g/mol. The lowest BCUT2D eigenvalue weighted by Crippen LogP contribution is -2.12. The smallest absolute Gasteiger partial charge is 0.229 e. The number of hydrogen-bond acceptors (Lipinski definition) is 5. The van der Waals surface area contributed by atoms with E-state index in [0.717, 1.165) is 61.1 Å². The van der Waals surface area contributed by atoms with Crippen LogP contribution in [0, 0.1) is 0 Å². The molecule has 0 aliphatic heterocycles. The van der Waals surface area contributed by atoms with Crippen LogP contribution in [0.15, 0.2) is 161 Å². The quantitative estimate of drug-likeness (QED) is 0.187. The van der Waals surface area contributed by atoms with Crippen molar-refractivity contribution < 1.29 is 8.83 Å². The van der Waals surface area contributed by atoms with Crippen molar-refractivity contribution in [2.75, 3.05) is 4.90 Å². The van der Waals surface area contributed by atoms with E-state index in [9.17, 15) is 0 Å². The Morgan fingerprint density at radius 1 is 0.468 bits per heavy atom. The van der Waals surface area contributed by atoms with Crippen LogP contribution >= 0.6 is 0 Å². The molecule has 0 aliphatic carbocycles. The first-order chi connectivity index (χ1) is 23.3. The summed E-state index contributed by atoms with van der Waals surface area (Å²) in [6, 6.07) is 48.5. The maximum atomic E-state index is 6.31. The van der Waals surface area contributed by atoms with Crippen molar-refractivity contribution >= 4 is 82.7 Å². The number of fused-ring (bicyclic) bond motifs is 9. The average Bonchev–Trinajstić information content (AvgIpc) is 3.71. The van der Waals surface area contributed by atoms with Gasteiger partial charge in [-0.15, -0.1) is 0 Å². The zero-order chi connectivity index (χ0) is 30.9. The largest absolute Gasteiger partial charge is 0.456 e. The number of benzene rings is 6. The van der Waals surface area contributed by atoms with Gasteiger partial charge in [0.2, 0.25) is 5.71 Å². The van der Waals surface area contributed by atoms with Gasteiger partial charge in [-0.2, -0.15) is 0 Å². The van der Waals surface area contributed by atoms with E-state index in [-0.39, 0.29) is 0 Å². The van der Waals surface area contributed by atoms with E-state index in [1.54, 1.807) is 6.20 Å². The number of aromatic nitrogens is 2. The molecule has 10 aromatic rings. The number of anilines is 3. The van der Waals surface area contributed by atoms with Crippen LogP contribution < -0.4 is 4.90 Å². The summed E-state index contributed by atoms with van der Waals surface area (Å²) in [7, 11) is 0. The second-order valence-electron chi connectivity index (χ2n) is 11.8. The third-order valence-corrected chi connectivity index (χ3v) is 9.18. The maximum Gasteiger partial charge on any atom is 0.229 e. The molecule has 220 valence electrons. The predicted molar refractivity (Wildman–Crippen MR) is 192 cm³/mol. The summed E-state index contributed by atoms with van der Waals surface area (Å²) in [5.74, 6) is 0.772. The SMILES string of the molecule is c1ccc2c(c1)cc(-c1ccc(N(c3nccc4oc5ccccc5c34)c3ccnc4oc5ccccc5c34)cc1)c1ccccc12. The molecule has 0 N–H and O–H groups in total. The third-order valence-electron chi connectivity index (χ3n) is 9.18. The van der Waals surface area contributed by atoms with E-state index in [4.69, 9.17) is 13.8 Å². The van der Waals surface area contributed by atoms with Gasteiger partial charge in [-0.05, 0) is 75.1 Å². The lowest BCUT2D eigenvalue weighted by Gasteiger charge is -2.25. The fraction of sp³-hybridized carbons (Fsp3) is 0. The fourth-order valence-corrected chi connectivity index (χ4v) is 7.10. The molecule has 0 saturated carbocycles. The summed E-state index contributed by atoms with van der Waals surface area (Å²) in [6.45, 7) is 0. The minimum absolute atomic E-state index is 0.581. The van der Waals surface area contributed by atoms with Gasteiger partial charge in [0.1, 0.15) is 22.6 Å². The summed E-state index contributed by atoms with van der Waals surface area (Å²) in [6.07, 6.45) is 3.62. The van der Waals surface area contributed by atoms with E-state index < -0.39 is 0 Å². The average molecular weight is 604 g/mol. The zero-order valence-corrected chi connectivity index (χ0v) is 25.1. The minimum Gasteiger partial charge on any atom is -0.456 e. The summed E-state index contributed by atoms with van der Waals surface area (Å²) in [4.78, 5) is 11.9. The zero-order valence-electron chi connectivity index (χ0n) is 25.1. The molecule has 0 aliphatic rings. The molecule has 47 heavy (non-hydrogen) atoms. The van der Waals surface area contributed by atoms with E-state index in [2.05, 4.69) is 101 Å². The molecular weight excluding hydrogens is 578 g/mol. The van der Waals surface area contributed by atoms with Crippen molar-refractivity contribution in [3.8, 4) is 11.1 Å². The van der Waals surface area contributed by atoms with Gasteiger partial charge in [-0.1, -0.05) is 97.1 Å². The molecule has 5 nitrogen and oxygen atoms in total. The van der Waals surface area contributed by atoms with Gasteiger partial charge in [-0.3, -0.25) is 4.90 Å². The van der Waals surface area contributed by atoms with E-state index in [1.165, 1.54) is 27.1 Å². The first-order valence-electron chi connectivity index (χ1n) is 15.7. The van der Waals surface area contributed by atoms with Crippen LogP contribution in [0.25, 0.3) is 76.7 Å². The summed E-state index contributed by atoms with van der Waals surface area (Å²) in [5, 5.41) is 8.85. The molecule has 0 spiro atoms. The van der Waals surface area contributed by atoms with Gasteiger partial charge in [0.05, 0.1) is 16.5 Å². The molecule has 0 fully saturated rings. The Morgan fingerprint density at radius 2 is 1.11 bits per heavy atom. The highest BCUT2D eigenvalue weighted by Gasteiger charge is 2.24. The van der Waals surface area contributed by atoms with E-state index >= 15 is 0 Å². The van der Waals surface area contributed by atoms with Crippen LogP contribution in [0.1, 0.15) is 0 Å². The highest BCUT2D eigenvalue weighted by atomic mass is 16.3. The molecule has 10 rings (SSSR count). The first-order valence-corrected chi connectivity index (χ1v) is 15.7. The van der Waals surface area contributed by atoms with Crippen molar-refractivity contribution in [1.82, 2.24) is 9.97 Å². The van der Waals surface area contributed by atoms with Gasteiger partial charge in [0, 0.05) is 28.9 Å². The fourth-order valence-electron chi connectivity index (χ4n) is 7.10. The van der Waals surface area contributed by atoms with Gasteiger partial charge in [0.25, 0.3) is 0 Å². The minimum atomic E-state index is 0.581.